The van der Waals surface area contributed by atoms with Gasteiger partial charge in [-0.1, -0.05) is 25.5 Å². The van der Waals surface area contributed by atoms with E-state index in [9.17, 15) is 9.90 Å². The second kappa shape index (κ2) is 5.86. The smallest absolute Gasteiger partial charge is 0.302 e. The maximum Gasteiger partial charge on any atom is 0.302 e. The second-order valence-electron chi connectivity index (χ2n) is 9.21. The summed E-state index contributed by atoms with van der Waals surface area (Å²) >= 11 is 0. The summed E-state index contributed by atoms with van der Waals surface area (Å²) in [6.45, 7) is 6.25. The molecular formula is C21H32O3. The van der Waals surface area contributed by atoms with Crippen LogP contribution in [0, 0.1) is 35.0 Å². The zero-order chi connectivity index (χ0) is 17.1. The van der Waals surface area contributed by atoms with E-state index < -0.39 is 0 Å². The molecule has 0 unspecified atom stereocenters. The van der Waals surface area contributed by atoms with Crippen molar-refractivity contribution in [2.24, 2.45) is 35.0 Å². The average molecular weight is 332 g/mol. The average Bonchev–Trinajstić information content (AvgIpc) is 2.82. The van der Waals surface area contributed by atoms with E-state index in [4.69, 9.17) is 4.74 Å². The lowest BCUT2D eigenvalue weighted by Gasteiger charge is -2.55. The third-order valence-corrected chi connectivity index (χ3v) is 8.01. The van der Waals surface area contributed by atoms with Gasteiger partial charge in [0.05, 0.1) is 6.10 Å². The molecule has 0 bridgehead atoms. The number of aliphatic hydroxyl groups is 1. The van der Waals surface area contributed by atoms with Gasteiger partial charge in [0.15, 0.2) is 0 Å². The number of esters is 1. The van der Waals surface area contributed by atoms with Crippen LogP contribution in [0.4, 0.5) is 0 Å². The van der Waals surface area contributed by atoms with E-state index in [-0.39, 0.29) is 23.6 Å². The minimum atomic E-state index is -0.144. The fraction of sp³-hybridized carbons (Fsp3) is 0.857. The van der Waals surface area contributed by atoms with Crippen molar-refractivity contribution >= 4 is 5.97 Å². The maximum absolute atomic E-state index is 11.3. The van der Waals surface area contributed by atoms with Crippen molar-refractivity contribution < 1.29 is 14.6 Å². The summed E-state index contributed by atoms with van der Waals surface area (Å²) in [5.41, 5.74) is 1.71. The number of aliphatic hydroxyl groups excluding tert-OH is 1. The van der Waals surface area contributed by atoms with Crippen molar-refractivity contribution in [3.8, 4) is 0 Å². The highest BCUT2D eigenvalue weighted by molar-refractivity contribution is 5.66. The lowest BCUT2D eigenvalue weighted by molar-refractivity contribution is -0.147. The van der Waals surface area contributed by atoms with Crippen LogP contribution in [-0.4, -0.2) is 23.3 Å². The standard InChI is InChI=1S/C21H32O3/c1-12-10-14-11-15(24-13(2)22)4-5-16(14)17-8-9-21(3)18(20(12)17)6-7-19(21)23/h10,12,15-20,23H,4-9,11H2,1-3H3/t12-,15+,16+,17-,18+,19+,20-,21+/m1/s1. The van der Waals surface area contributed by atoms with Crippen molar-refractivity contribution in [2.75, 3.05) is 0 Å². The number of carbonyl (C=O) groups excluding carboxylic acids is 1. The fourth-order valence-electron chi connectivity index (χ4n) is 6.95. The van der Waals surface area contributed by atoms with Gasteiger partial charge < -0.3 is 9.84 Å². The lowest BCUT2D eigenvalue weighted by atomic mass is 9.50. The Morgan fingerprint density at radius 2 is 2.04 bits per heavy atom. The van der Waals surface area contributed by atoms with Crippen LogP contribution in [-0.2, 0) is 9.53 Å². The largest absolute Gasteiger partial charge is 0.462 e. The number of hydrogen-bond donors (Lipinski definition) is 1. The van der Waals surface area contributed by atoms with Crippen LogP contribution < -0.4 is 0 Å². The van der Waals surface area contributed by atoms with E-state index in [1.165, 1.54) is 32.6 Å². The van der Waals surface area contributed by atoms with Gasteiger partial charge in [0.1, 0.15) is 6.10 Å². The van der Waals surface area contributed by atoms with Crippen LogP contribution in [0.15, 0.2) is 11.6 Å². The molecule has 3 nitrogen and oxygen atoms in total. The monoisotopic (exact) mass is 332 g/mol. The molecule has 134 valence electrons. The summed E-state index contributed by atoms with van der Waals surface area (Å²) in [5, 5.41) is 10.5. The molecule has 3 saturated carbocycles. The van der Waals surface area contributed by atoms with Gasteiger partial charge in [-0.2, -0.15) is 0 Å². The minimum absolute atomic E-state index is 0.0934. The molecule has 1 N–H and O–H groups in total. The lowest BCUT2D eigenvalue weighted by Crippen LogP contribution is -2.49. The SMILES string of the molecule is CC(=O)O[C@H]1CC[C@H]2C(=C[C@@H](C)[C@@H]3[C@@H]2CC[C@]2(C)[C@@H](O)CC[C@@H]32)C1. The Hall–Kier alpha value is -0.830. The first-order valence-corrected chi connectivity index (χ1v) is 9.96. The fourth-order valence-corrected chi connectivity index (χ4v) is 6.95. The van der Waals surface area contributed by atoms with Gasteiger partial charge in [-0.25, -0.2) is 0 Å². The van der Waals surface area contributed by atoms with Crippen molar-refractivity contribution in [3.05, 3.63) is 11.6 Å². The topological polar surface area (TPSA) is 46.5 Å². The Morgan fingerprint density at radius 1 is 1.25 bits per heavy atom. The van der Waals surface area contributed by atoms with E-state index in [1.54, 1.807) is 5.57 Å². The number of hydrogen-bond acceptors (Lipinski definition) is 3. The number of ether oxygens (including phenoxy) is 1. The van der Waals surface area contributed by atoms with Crippen LogP contribution in [0.2, 0.25) is 0 Å². The molecule has 0 amide bonds. The van der Waals surface area contributed by atoms with E-state index in [0.29, 0.717) is 17.8 Å². The third kappa shape index (κ3) is 2.46. The van der Waals surface area contributed by atoms with Crippen molar-refractivity contribution in [3.63, 3.8) is 0 Å². The van der Waals surface area contributed by atoms with Crippen molar-refractivity contribution in [1.29, 1.82) is 0 Å². The molecule has 8 atom stereocenters. The minimum Gasteiger partial charge on any atom is -0.462 e. The first-order valence-electron chi connectivity index (χ1n) is 9.96. The summed E-state index contributed by atoms with van der Waals surface area (Å²) in [5.74, 6) is 3.34. The summed E-state index contributed by atoms with van der Waals surface area (Å²) in [6.07, 6.45) is 10.3. The van der Waals surface area contributed by atoms with Crippen molar-refractivity contribution in [2.45, 2.75) is 77.9 Å². The summed E-state index contributed by atoms with van der Waals surface area (Å²) in [6, 6.07) is 0. The van der Waals surface area contributed by atoms with Gasteiger partial charge in [0, 0.05) is 13.3 Å². The quantitative estimate of drug-likeness (QED) is 0.581. The molecule has 0 aromatic rings. The molecule has 0 aromatic heterocycles. The predicted octanol–water partition coefficient (Wildman–Crippen LogP) is 4.10. The van der Waals surface area contributed by atoms with Crippen LogP contribution >= 0.6 is 0 Å². The number of carbonyl (C=O) groups is 1. The Kier molecular flexibility index (Phi) is 4.06. The van der Waals surface area contributed by atoms with Crippen molar-refractivity contribution in [1.82, 2.24) is 0 Å². The molecular weight excluding hydrogens is 300 g/mol. The van der Waals surface area contributed by atoms with E-state index in [1.807, 2.05) is 0 Å². The molecule has 4 rings (SSSR count). The number of allylic oxidation sites excluding steroid dienone is 1. The Morgan fingerprint density at radius 3 is 2.79 bits per heavy atom. The molecule has 0 spiro atoms. The molecule has 0 aliphatic heterocycles. The highest BCUT2D eigenvalue weighted by Crippen LogP contribution is 2.62. The number of rotatable bonds is 1. The summed E-state index contributed by atoms with van der Waals surface area (Å²) < 4.78 is 5.50. The van der Waals surface area contributed by atoms with Gasteiger partial charge in [0.25, 0.3) is 0 Å². The summed E-state index contributed by atoms with van der Waals surface area (Å²) in [4.78, 5) is 11.3. The predicted molar refractivity (Wildman–Crippen MR) is 93.2 cm³/mol. The van der Waals surface area contributed by atoms with Gasteiger partial charge in [-0.3, -0.25) is 4.79 Å². The molecule has 4 aliphatic rings. The zero-order valence-electron chi connectivity index (χ0n) is 15.3. The van der Waals surface area contributed by atoms with E-state index in [0.717, 1.165) is 31.1 Å². The summed E-state index contributed by atoms with van der Waals surface area (Å²) in [7, 11) is 0. The second-order valence-corrected chi connectivity index (χ2v) is 9.21. The maximum atomic E-state index is 11.3. The highest BCUT2D eigenvalue weighted by atomic mass is 16.5. The normalized spacial score (nSPS) is 50.3. The zero-order valence-corrected chi connectivity index (χ0v) is 15.3. The Bertz CT molecular complexity index is 553. The van der Waals surface area contributed by atoms with Crippen LogP contribution in [0.5, 0.6) is 0 Å². The van der Waals surface area contributed by atoms with Crippen LogP contribution in [0.1, 0.15) is 65.7 Å². The molecule has 0 aromatic carbocycles. The highest BCUT2D eigenvalue weighted by Gasteiger charge is 2.57. The van der Waals surface area contributed by atoms with E-state index >= 15 is 0 Å². The third-order valence-electron chi connectivity index (χ3n) is 8.01. The van der Waals surface area contributed by atoms with Gasteiger partial charge in [-0.15, -0.1) is 0 Å². The Balaban J connectivity index is 1.58. The van der Waals surface area contributed by atoms with Crippen LogP contribution in [0.25, 0.3) is 0 Å². The first kappa shape index (κ1) is 16.6. The first-order chi connectivity index (χ1) is 11.4. The molecule has 24 heavy (non-hydrogen) atoms. The van der Waals surface area contributed by atoms with Crippen LogP contribution in [0.3, 0.4) is 0 Å². The Labute approximate surface area is 145 Å². The van der Waals surface area contributed by atoms with E-state index in [2.05, 4.69) is 19.9 Å². The van der Waals surface area contributed by atoms with Gasteiger partial charge in [-0.05, 0) is 73.5 Å². The molecule has 4 aliphatic carbocycles. The van der Waals surface area contributed by atoms with Gasteiger partial charge >= 0.3 is 5.97 Å². The molecule has 3 fully saturated rings. The molecule has 0 heterocycles. The number of fused-ring (bicyclic) bond motifs is 5. The van der Waals surface area contributed by atoms with Gasteiger partial charge in [0.2, 0.25) is 0 Å². The molecule has 0 saturated heterocycles. The molecule has 0 radical (unpaired) electrons. The molecule has 3 heteroatoms.